The molecule has 2 aromatic heterocycles. The summed E-state index contributed by atoms with van der Waals surface area (Å²) < 4.78 is 0. The van der Waals surface area contributed by atoms with E-state index in [-0.39, 0.29) is 0 Å². The van der Waals surface area contributed by atoms with Crippen molar-refractivity contribution in [1.82, 2.24) is 15.3 Å². The number of nitrogens with zero attached hydrogens (tertiary/aromatic N) is 2. The average molecular weight is 247 g/mol. The lowest BCUT2D eigenvalue weighted by Crippen LogP contribution is -2.22. The van der Waals surface area contributed by atoms with E-state index in [1.807, 2.05) is 19.3 Å². The molecule has 3 nitrogen and oxygen atoms in total. The van der Waals surface area contributed by atoms with E-state index in [4.69, 9.17) is 0 Å². The predicted molar refractivity (Wildman–Crippen MR) is 71.2 cm³/mol. The number of hydrogen-bond acceptors (Lipinski definition) is 4. The average Bonchev–Trinajstić information content (AvgIpc) is 2.75. The Morgan fingerprint density at radius 1 is 1.35 bits per heavy atom. The minimum Gasteiger partial charge on any atom is -0.310 e. The van der Waals surface area contributed by atoms with Crippen LogP contribution in [0, 0.1) is 6.92 Å². The summed E-state index contributed by atoms with van der Waals surface area (Å²) in [6.45, 7) is 5.12. The molecule has 0 aliphatic heterocycles. The third-order valence-corrected chi connectivity index (χ3v) is 3.59. The highest BCUT2D eigenvalue weighted by atomic mass is 32.1. The second-order valence-electron chi connectivity index (χ2n) is 3.98. The first-order chi connectivity index (χ1) is 8.29. The van der Waals surface area contributed by atoms with Crippen molar-refractivity contribution < 1.29 is 0 Å². The second-order valence-corrected chi connectivity index (χ2v) is 4.92. The molecule has 1 N–H and O–H groups in total. The van der Waals surface area contributed by atoms with Crippen molar-refractivity contribution in [2.24, 2.45) is 0 Å². The summed E-state index contributed by atoms with van der Waals surface area (Å²) in [7, 11) is 0. The quantitative estimate of drug-likeness (QED) is 0.883. The Kier molecular flexibility index (Phi) is 4.23. The molecule has 0 radical (unpaired) electrons. The molecular formula is C13H17N3S. The van der Waals surface area contributed by atoms with Gasteiger partial charge in [0.15, 0.2) is 0 Å². The van der Waals surface area contributed by atoms with Crippen molar-refractivity contribution in [1.29, 1.82) is 0 Å². The van der Waals surface area contributed by atoms with Gasteiger partial charge in [0, 0.05) is 35.9 Å². The normalized spacial score (nSPS) is 12.6. The third-order valence-electron chi connectivity index (χ3n) is 2.60. The molecule has 0 saturated heterocycles. The molecule has 17 heavy (non-hydrogen) atoms. The van der Waals surface area contributed by atoms with Crippen LogP contribution in [-0.4, -0.2) is 16.5 Å². The number of rotatable bonds is 5. The molecule has 0 bridgehead atoms. The van der Waals surface area contributed by atoms with Gasteiger partial charge in [0.05, 0.1) is 5.01 Å². The zero-order valence-electron chi connectivity index (χ0n) is 10.2. The summed E-state index contributed by atoms with van der Waals surface area (Å²) in [4.78, 5) is 8.58. The summed E-state index contributed by atoms with van der Waals surface area (Å²) in [5.74, 6) is 0. The lowest BCUT2D eigenvalue weighted by atomic mass is 10.1. The Bertz CT molecular complexity index is 453. The zero-order valence-corrected chi connectivity index (χ0v) is 11.0. The van der Waals surface area contributed by atoms with Crippen molar-refractivity contribution in [3.8, 4) is 0 Å². The largest absolute Gasteiger partial charge is 0.310 e. The van der Waals surface area contributed by atoms with Gasteiger partial charge in [0.1, 0.15) is 0 Å². The van der Waals surface area contributed by atoms with E-state index in [1.165, 1.54) is 10.6 Å². The van der Waals surface area contributed by atoms with Crippen LogP contribution in [0.2, 0.25) is 0 Å². The van der Waals surface area contributed by atoms with Crippen LogP contribution in [-0.2, 0) is 6.42 Å². The van der Waals surface area contributed by atoms with E-state index in [9.17, 15) is 0 Å². The third kappa shape index (κ3) is 3.35. The summed E-state index contributed by atoms with van der Waals surface area (Å²) >= 11 is 1.73. The zero-order chi connectivity index (χ0) is 12.1. The SMILES string of the molecule is CCNC(Cc1nc(C)cs1)c1ccncc1. The molecule has 0 aliphatic rings. The van der Waals surface area contributed by atoms with Gasteiger partial charge < -0.3 is 5.32 Å². The van der Waals surface area contributed by atoms with Gasteiger partial charge >= 0.3 is 0 Å². The maximum absolute atomic E-state index is 4.52. The van der Waals surface area contributed by atoms with Crippen LogP contribution >= 0.6 is 11.3 Å². The molecule has 0 fully saturated rings. The number of aromatic nitrogens is 2. The smallest absolute Gasteiger partial charge is 0.0947 e. The van der Waals surface area contributed by atoms with Crippen LogP contribution in [0.5, 0.6) is 0 Å². The van der Waals surface area contributed by atoms with Crippen LogP contribution in [0.4, 0.5) is 0 Å². The molecule has 1 unspecified atom stereocenters. The van der Waals surface area contributed by atoms with Crippen molar-refractivity contribution in [2.45, 2.75) is 26.3 Å². The fraction of sp³-hybridized carbons (Fsp3) is 0.385. The molecular weight excluding hydrogens is 230 g/mol. The fourth-order valence-electron chi connectivity index (χ4n) is 1.82. The van der Waals surface area contributed by atoms with Crippen LogP contribution in [0.25, 0.3) is 0 Å². The number of thiazole rings is 1. The van der Waals surface area contributed by atoms with Gasteiger partial charge in [-0.3, -0.25) is 4.98 Å². The Morgan fingerprint density at radius 3 is 2.71 bits per heavy atom. The summed E-state index contributed by atoms with van der Waals surface area (Å²) in [6, 6.07) is 4.45. The minimum absolute atomic E-state index is 0.327. The Hall–Kier alpha value is -1.26. The van der Waals surface area contributed by atoms with Gasteiger partial charge in [-0.05, 0) is 31.2 Å². The number of pyridine rings is 1. The number of hydrogen-bond donors (Lipinski definition) is 1. The standard InChI is InChI=1S/C13H17N3S/c1-3-15-12(11-4-6-14-7-5-11)8-13-16-10(2)9-17-13/h4-7,9,12,15H,3,8H2,1-2H3. The van der Waals surface area contributed by atoms with Gasteiger partial charge in [0.25, 0.3) is 0 Å². The summed E-state index contributed by atoms with van der Waals surface area (Å²) in [5.41, 5.74) is 2.38. The minimum atomic E-state index is 0.327. The number of nitrogens with one attached hydrogen (secondary N) is 1. The molecule has 0 saturated carbocycles. The summed E-state index contributed by atoms with van der Waals surface area (Å²) in [6.07, 6.45) is 4.62. The molecule has 90 valence electrons. The highest BCUT2D eigenvalue weighted by Gasteiger charge is 2.12. The maximum atomic E-state index is 4.52. The van der Waals surface area contributed by atoms with Crippen molar-refractivity contribution >= 4 is 11.3 Å². The molecule has 0 aliphatic carbocycles. The molecule has 1 atom stereocenters. The van der Waals surface area contributed by atoms with Crippen LogP contribution in [0.3, 0.4) is 0 Å². The fourth-order valence-corrected chi connectivity index (χ4v) is 2.64. The lowest BCUT2D eigenvalue weighted by Gasteiger charge is -2.16. The van der Waals surface area contributed by atoms with Crippen molar-refractivity contribution in [3.63, 3.8) is 0 Å². The molecule has 2 heterocycles. The molecule has 2 rings (SSSR count). The van der Waals surface area contributed by atoms with Crippen molar-refractivity contribution in [3.05, 3.63) is 46.2 Å². The maximum Gasteiger partial charge on any atom is 0.0947 e. The van der Waals surface area contributed by atoms with Crippen LogP contribution in [0.1, 0.15) is 29.2 Å². The highest BCUT2D eigenvalue weighted by Crippen LogP contribution is 2.20. The van der Waals surface area contributed by atoms with Crippen LogP contribution < -0.4 is 5.32 Å². The lowest BCUT2D eigenvalue weighted by molar-refractivity contribution is 0.548. The first-order valence-corrected chi connectivity index (χ1v) is 6.72. The molecule has 2 aromatic rings. The van der Waals surface area contributed by atoms with E-state index in [0.717, 1.165) is 18.7 Å². The molecule has 4 heteroatoms. The topological polar surface area (TPSA) is 37.8 Å². The second kappa shape index (κ2) is 5.89. The predicted octanol–water partition coefficient (Wildman–Crippen LogP) is 2.74. The van der Waals surface area contributed by atoms with E-state index >= 15 is 0 Å². The van der Waals surface area contributed by atoms with E-state index < -0.39 is 0 Å². The van der Waals surface area contributed by atoms with Crippen LogP contribution in [0.15, 0.2) is 29.9 Å². The Labute approximate surface area is 106 Å². The monoisotopic (exact) mass is 247 g/mol. The van der Waals surface area contributed by atoms with Gasteiger partial charge in [0.2, 0.25) is 0 Å². The first-order valence-electron chi connectivity index (χ1n) is 5.84. The van der Waals surface area contributed by atoms with Gasteiger partial charge in [-0.1, -0.05) is 6.92 Å². The first kappa shape index (κ1) is 12.2. The molecule has 0 spiro atoms. The van der Waals surface area contributed by atoms with Gasteiger partial charge in [-0.25, -0.2) is 4.98 Å². The van der Waals surface area contributed by atoms with Crippen molar-refractivity contribution in [2.75, 3.05) is 6.54 Å². The molecule has 0 aromatic carbocycles. The number of aryl methyl sites for hydroxylation is 1. The number of likely N-dealkylation sites (N-methyl/N-ethyl adjacent to an activating group) is 1. The summed E-state index contributed by atoms with van der Waals surface area (Å²) in [5, 5.41) is 6.78. The van der Waals surface area contributed by atoms with E-state index in [2.05, 4.69) is 39.7 Å². The van der Waals surface area contributed by atoms with Gasteiger partial charge in [-0.15, -0.1) is 11.3 Å². The van der Waals surface area contributed by atoms with E-state index in [0.29, 0.717) is 6.04 Å². The van der Waals surface area contributed by atoms with E-state index in [1.54, 1.807) is 11.3 Å². The Morgan fingerprint density at radius 2 is 2.12 bits per heavy atom. The highest BCUT2D eigenvalue weighted by molar-refractivity contribution is 7.09. The van der Waals surface area contributed by atoms with Gasteiger partial charge in [-0.2, -0.15) is 0 Å². The Balaban J connectivity index is 2.13. The molecule has 0 amide bonds.